The third-order valence-electron chi connectivity index (χ3n) is 5.61. The number of rotatable bonds is 6. The third-order valence-corrected chi connectivity index (χ3v) is 6.47. The largest absolute Gasteiger partial charge is 0.366 e. The minimum atomic E-state index is -2.58. The number of aromatic nitrogens is 3. The van der Waals surface area contributed by atoms with Crippen molar-refractivity contribution < 1.29 is 8.78 Å². The van der Waals surface area contributed by atoms with Crippen LogP contribution in [0.5, 0.6) is 0 Å². The number of nitrogens with zero attached hydrogens (tertiary/aromatic N) is 4. The topological polar surface area (TPSA) is 63.1 Å². The molecule has 1 saturated carbocycles. The molecule has 0 amide bonds. The van der Waals surface area contributed by atoms with E-state index in [1.165, 1.54) is 11.3 Å². The van der Waals surface area contributed by atoms with Crippen molar-refractivity contribution in [2.24, 2.45) is 4.99 Å². The fourth-order valence-corrected chi connectivity index (χ4v) is 4.54. The smallest absolute Gasteiger partial charge is 0.248 e. The number of benzene rings is 1. The van der Waals surface area contributed by atoms with Crippen LogP contribution in [0.25, 0.3) is 27.4 Å². The Bertz CT molecular complexity index is 1180. The van der Waals surface area contributed by atoms with Gasteiger partial charge < -0.3 is 5.32 Å². The second-order valence-electron chi connectivity index (χ2n) is 8.05. The van der Waals surface area contributed by atoms with Crippen LogP contribution in [0.4, 0.5) is 14.6 Å². The molecule has 1 fully saturated rings. The number of nitrogens with one attached hydrogen (secondary N) is 1. The van der Waals surface area contributed by atoms with Crippen LogP contribution in [-0.2, 0) is 0 Å². The number of aryl methyl sites for hydroxylation is 1. The molecule has 1 aliphatic rings. The fraction of sp³-hybridized carbons (Fsp3) is 0.360. The Balaban J connectivity index is 1.70. The summed E-state index contributed by atoms with van der Waals surface area (Å²) in [6, 6.07) is 14.2. The molecular formula is C25H25F2N5S. The van der Waals surface area contributed by atoms with Crippen molar-refractivity contribution in [1.82, 2.24) is 15.2 Å². The van der Waals surface area contributed by atoms with Gasteiger partial charge in [-0.25, -0.2) is 13.8 Å². The maximum absolute atomic E-state index is 13.7. The summed E-state index contributed by atoms with van der Waals surface area (Å²) < 4.78 is 27.3. The van der Waals surface area contributed by atoms with Crippen molar-refractivity contribution in [3.63, 3.8) is 0 Å². The lowest BCUT2D eigenvalue weighted by Crippen LogP contribution is -2.32. The van der Waals surface area contributed by atoms with Gasteiger partial charge >= 0.3 is 0 Å². The zero-order valence-corrected chi connectivity index (χ0v) is 19.6. The molecule has 0 spiro atoms. The van der Waals surface area contributed by atoms with Crippen LogP contribution in [0.1, 0.15) is 43.2 Å². The average Bonchev–Trinajstić information content (AvgIpc) is 3.25. The summed E-state index contributed by atoms with van der Waals surface area (Å²) in [5, 5.41) is 13.2. The fourth-order valence-electron chi connectivity index (χ4n) is 3.85. The van der Waals surface area contributed by atoms with Gasteiger partial charge in [-0.1, -0.05) is 41.7 Å². The highest BCUT2D eigenvalue weighted by molar-refractivity contribution is 7.14. The second-order valence-corrected chi connectivity index (χ2v) is 9.23. The van der Waals surface area contributed by atoms with E-state index in [1.54, 1.807) is 7.05 Å². The van der Waals surface area contributed by atoms with Crippen molar-refractivity contribution >= 4 is 28.9 Å². The molecule has 0 aliphatic heterocycles. The highest BCUT2D eigenvalue weighted by Gasteiger charge is 2.35. The van der Waals surface area contributed by atoms with Crippen LogP contribution >= 0.6 is 11.3 Å². The summed E-state index contributed by atoms with van der Waals surface area (Å²) >= 11 is 1.44. The molecule has 8 heteroatoms. The van der Waals surface area contributed by atoms with Crippen molar-refractivity contribution in [2.75, 3.05) is 12.4 Å². The molecule has 0 unspecified atom stereocenters. The molecule has 1 N–H and O–H groups in total. The van der Waals surface area contributed by atoms with E-state index in [2.05, 4.69) is 32.6 Å². The lowest BCUT2D eigenvalue weighted by molar-refractivity contribution is -0.0361. The molecule has 2 heterocycles. The summed E-state index contributed by atoms with van der Waals surface area (Å²) in [5.74, 6) is -2.01. The van der Waals surface area contributed by atoms with Gasteiger partial charge in [-0.2, -0.15) is 0 Å². The molecule has 2 aromatic heterocycles. The summed E-state index contributed by atoms with van der Waals surface area (Å²) in [6.07, 6.45) is 4.33. The lowest BCUT2D eigenvalue weighted by atomic mass is 9.92. The molecular weight excluding hydrogens is 440 g/mol. The van der Waals surface area contributed by atoms with Gasteiger partial charge in [0.05, 0.1) is 0 Å². The molecule has 3 aromatic rings. The van der Waals surface area contributed by atoms with E-state index in [0.717, 1.165) is 21.7 Å². The number of halogens is 2. The molecule has 5 nitrogen and oxygen atoms in total. The minimum absolute atomic E-state index is 0.0877. The van der Waals surface area contributed by atoms with E-state index >= 15 is 0 Å². The summed E-state index contributed by atoms with van der Waals surface area (Å²) in [5.41, 5.74) is 4.18. The quantitative estimate of drug-likeness (QED) is 0.436. The predicted molar refractivity (Wildman–Crippen MR) is 130 cm³/mol. The zero-order valence-electron chi connectivity index (χ0n) is 18.8. The van der Waals surface area contributed by atoms with E-state index in [4.69, 9.17) is 4.98 Å². The Morgan fingerprint density at radius 1 is 1.24 bits per heavy atom. The van der Waals surface area contributed by atoms with Crippen LogP contribution in [0.15, 0.2) is 35.3 Å². The van der Waals surface area contributed by atoms with Crippen LogP contribution in [-0.4, -0.2) is 40.4 Å². The highest BCUT2D eigenvalue weighted by atomic mass is 32.1. The first-order valence-electron chi connectivity index (χ1n) is 10.9. The Labute approximate surface area is 196 Å². The molecule has 0 atom stereocenters. The Kier molecular flexibility index (Phi) is 6.80. The number of aliphatic imine (C=N–C) groups is 1. The van der Waals surface area contributed by atoms with Crippen molar-refractivity contribution in [1.29, 1.82) is 0 Å². The van der Waals surface area contributed by atoms with Crippen LogP contribution in [0, 0.1) is 19.1 Å². The maximum atomic E-state index is 13.7. The Morgan fingerprint density at radius 3 is 2.70 bits per heavy atom. The van der Waals surface area contributed by atoms with Crippen LogP contribution in [0.3, 0.4) is 0 Å². The van der Waals surface area contributed by atoms with Crippen molar-refractivity contribution in [3.05, 3.63) is 53.0 Å². The van der Waals surface area contributed by atoms with Gasteiger partial charge in [0, 0.05) is 37.7 Å². The number of alkyl halides is 2. The van der Waals surface area contributed by atoms with Gasteiger partial charge in [0.25, 0.3) is 0 Å². The third kappa shape index (κ3) is 5.42. The monoisotopic (exact) mass is 465 g/mol. The number of hydrogen-bond acceptors (Lipinski definition) is 6. The highest BCUT2D eigenvalue weighted by Crippen LogP contribution is 2.36. The standard InChI is InChI=1S/C25H25F2N5S/c1-4-17(15-28-3)18-6-5-7-19(14-18)22-9-8-21(24-32-31-16(2)33-24)23(30-22)29-20-10-12-25(26,27)13-11-20/h4-7,14-15,20H,10-13H2,1-3H3,(H,29,30)/b17-4+,28-15?. The number of hydrogen-bond donors (Lipinski definition) is 1. The molecule has 1 aliphatic carbocycles. The number of allylic oxidation sites excluding steroid dienone is 2. The predicted octanol–water partition coefficient (Wildman–Crippen LogP) is 6.27. The van der Waals surface area contributed by atoms with E-state index in [1.807, 2.05) is 50.4 Å². The maximum Gasteiger partial charge on any atom is 0.248 e. The van der Waals surface area contributed by atoms with Crippen LogP contribution < -0.4 is 5.32 Å². The molecule has 33 heavy (non-hydrogen) atoms. The molecule has 170 valence electrons. The summed E-state index contributed by atoms with van der Waals surface area (Å²) in [6.45, 7) is 3.85. The van der Waals surface area contributed by atoms with Crippen LogP contribution in [0.2, 0.25) is 0 Å². The molecule has 0 saturated heterocycles. The van der Waals surface area contributed by atoms with Crippen molar-refractivity contribution in [3.8, 4) is 21.8 Å². The first-order valence-corrected chi connectivity index (χ1v) is 11.7. The SMILES string of the molecule is C/C=C(\C=NC)c1cccc(-c2c#cc(-c3nnc(C)s3)c(NC3CCC(F)(F)CC3)n2)c1. The van der Waals surface area contributed by atoms with E-state index in [9.17, 15) is 8.78 Å². The van der Waals surface area contributed by atoms with Gasteiger partial charge in [-0.05, 0) is 50.0 Å². The second kappa shape index (κ2) is 9.75. The molecule has 0 radical (unpaired) electrons. The van der Waals surface area contributed by atoms with Crippen molar-refractivity contribution in [2.45, 2.75) is 51.5 Å². The Hall–Kier alpha value is -3.18. The average molecular weight is 466 g/mol. The zero-order chi connectivity index (χ0) is 23.4. The first kappa shape index (κ1) is 23.0. The van der Waals surface area contributed by atoms with E-state index < -0.39 is 5.92 Å². The van der Waals surface area contributed by atoms with Gasteiger partial charge in [-0.15, -0.1) is 10.2 Å². The van der Waals surface area contributed by atoms with Gasteiger partial charge in [0.2, 0.25) is 5.92 Å². The van der Waals surface area contributed by atoms with E-state index in [-0.39, 0.29) is 18.9 Å². The molecule has 0 bridgehead atoms. The van der Waals surface area contributed by atoms with Gasteiger partial charge in [0.15, 0.2) is 5.01 Å². The minimum Gasteiger partial charge on any atom is -0.366 e. The van der Waals surface area contributed by atoms with Gasteiger partial charge in [-0.3, -0.25) is 4.99 Å². The normalized spacial score (nSPS) is 16.7. The Morgan fingerprint density at radius 2 is 2.03 bits per heavy atom. The molecule has 1 aromatic carbocycles. The first-order chi connectivity index (χ1) is 15.9. The number of anilines is 1. The summed E-state index contributed by atoms with van der Waals surface area (Å²) in [4.78, 5) is 8.96. The van der Waals surface area contributed by atoms with Gasteiger partial charge in [0.1, 0.15) is 22.1 Å². The molecule has 4 rings (SSSR count). The lowest BCUT2D eigenvalue weighted by Gasteiger charge is -2.29. The van der Waals surface area contributed by atoms with E-state index in [0.29, 0.717) is 34.9 Å². The summed E-state index contributed by atoms with van der Waals surface area (Å²) in [7, 11) is 1.74.